The number of hydrogen-bond acceptors (Lipinski definition) is 5. The molecule has 27 heavy (non-hydrogen) atoms. The molecule has 1 atom stereocenters. The minimum absolute atomic E-state index is 0.224. The summed E-state index contributed by atoms with van der Waals surface area (Å²) >= 11 is 0. The summed E-state index contributed by atoms with van der Waals surface area (Å²) in [6.07, 6.45) is 8.54. The number of fused-ring (bicyclic) bond motifs is 1. The Balaban J connectivity index is 2.24. The summed E-state index contributed by atoms with van der Waals surface area (Å²) in [5.41, 5.74) is 1.85. The van der Waals surface area contributed by atoms with Crippen LogP contribution in [0, 0.1) is 19.3 Å². The molecule has 1 aromatic heterocycles. The average Bonchev–Trinajstić information content (AvgIpc) is 2.63. The second-order valence-electron chi connectivity index (χ2n) is 6.82. The smallest absolute Gasteiger partial charge is 0.261 e. The number of hydrogen-bond donors (Lipinski definition) is 1. The number of rotatable bonds is 7. The highest BCUT2D eigenvalue weighted by atomic mass is 16.6. The van der Waals surface area contributed by atoms with Gasteiger partial charge in [-0.25, -0.2) is 0 Å². The van der Waals surface area contributed by atoms with E-state index in [2.05, 4.69) is 26.2 Å². The van der Waals surface area contributed by atoms with Crippen molar-refractivity contribution in [3.8, 4) is 18.1 Å². The van der Waals surface area contributed by atoms with Gasteiger partial charge in [-0.1, -0.05) is 18.0 Å². The number of aryl methyl sites for hydroxylation is 1. The molecule has 0 fully saturated rings. The molecule has 142 valence electrons. The van der Waals surface area contributed by atoms with E-state index in [0.717, 1.165) is 16.5 Å². The van der Waals surface area contributed by atoms with Crippen molar-refractivity contribution in [3.05, 3.63) is 35.5 Å². The van der Waals surface area contributed by atoms with Crippen molar-refractivity contribution in [1.29, 1.82) is 0 Å². The van der Waals surface area contributed by atoms with Gasteiger partial charge in [-0.3, -0.25) is 9.78 Å². The fourth-order valence-electron chi connectivity index (χ4n) is 2.65. The lowest BCUT2D eigenvalue weighted by molar-refractivity contribution is -0.129. The Labute approximate surface area is 159 Å². The molecule has 0 aliphatic carbocycles. The number of carbonyl (C=O) groups is 1. The second kappa shape index (κ2) is 8.54. The molecule has 6 nitrogen and oxygen atoms in total. The first kappa shape index (κ1) is 20.2. The van der Waals surface area contributed by atoms with Crippen LogP contribution in [0.2, 0.25) is 0 Å². The van der Waals surface area contributed by atoms with E-state index in [1.165, 1.54) is 13.3 Å². The molecule has 1 N–H and O–H groups in total. The maximum absolute atomic E-state index is 12.6. The highest BCUT2D eigenvalue weighted by molar-refractivity contribution is 5.87. The standard InChI is InChI=1S/C21H25N3O3/c1-7-15-10-16-11-17(9-14(3)19(16)22-12-15)27-18(8-2)20(25)24-21(4,5)13-23-26-6/h1,9-13,18H,8H2,2-6H3,(H,24,25)/b23-13+. The summed E-state index contributed by atoms with van der Waals surface area (Å²) in [6, 6.07) is 5.61. The highest BCUT2D eigenvalue weighted by Crippen LogP contribution is 2.25. The molecule has 2 rings (SSSR count). The van der Waals surface area contributed by atoms with E-state index in [-0.39, 0.29) is 5.91 Å². The number of terminal acetylenes is 1. The van der Waals surface area contributed by atoms with Gasteiger partial charge in [-0.05, 0) is 51.0 Å². The fraction of sp³-hybridized carbons (Fsp3) is 0.381. The van der Waals surface area contributed by atoms with E-state index in [4.69, 9.17) is 11.2 Å². The van der Waals surface area contributed by atoms with Crippen LogP contribution in [0.15, 0.2) is 29.6 Å². The molecule has 2 aromatic rings. The minimum atomic E-state index is -0.658. The molecule has 0 aliphatic rings. The Kier molecular flexibility index (Phi) is 6.40. The van der Waals surface area contributed by atoms with Crippen molar-refractivity contribution in [3.63, 3.8) is 0 Å². The van der Waals surface area contributed by atoms with Crippen LogP contribution in [0.1, 0.15) is 38.3 Å². The Morgan fingerprint density at radius 3 is 2.81 bits per heavy atom. The number of amides is 1. The predicted molar refractivity (Wildman–Crippen MR) is 107 cm³/mol. The normalized spacial score (nSPS) is 12.6. The summed E-state index contributed by atoms with van der Waals surface area (Å²) in [5.74, 6) is 2.96. The number of carbonyl (C=O) groups excluding carboxylic acids is 1. The summed E-state index contributed by atoms with van der Waals surface area (Å²) in [4.78, 5) is 21.7. The van der Waals surface area contributed by atoms with Crippen LogP contribution in [0.5, 0.6) is 5.75 Å². The van der Waals surface area contributed by atoms with Crippen LogP contribution in [0.3, 0.4) is 0 Å². The number of pyridine rings is 1. The molecule has 1 heterocycles. The number of oxime groups is 1. The van der Waals surface area contributed by atoms with E-state index in [0.29, 0.717) is 17.7 Å². The molecular formula is C21H25N3O3. The highest BCUT2D eigenvalue weighted by Gasteiger charge is 2.25. The summed E-state index contributed by atoms with van der Waals surface area (Å²) < 4.78 is 5.97. The third-order valence-electron chi connectivity index (χ3n) is 3.98. The van der Waals surface area contributed by atoms with E-state index in [1.54, 1.807) is 6.20 Å². The summed E-state index contributed by atoms with van der Waals surface area (Å²) in [5, 5.41) is 7.50. The van der Waals surface area contributed by atoms with Gasteiger partial charge in [0.15, 0.2) is 6.10 Å². The zero-order valence-corrected chi connectivity index (χ0v) is 16.4. The van der Waals surface area contributed by atoms with Crippen molar-refractivity contribution in [2.24, 2.45) is 5.16 Å². The molecule has 6 heteroatoms. The lowest BCUT2D eigenvalue weighted by Gasteiger charge is -2.25. The predicted octanol–water partition coefficient (Wildman–Crippen LogP) is 3.21. The van der Waals surface area contributed by atoms with Crippen LogP contribution in [-0.2, 0) is 9.63 Å². The molecule has 0 bridgehead atoms. The van der Waals surface area contributed by atoms with Crippen molar-refractivity contribution in [2.45, 2.75) is 45.8 Å². The van der Waals surface area contributed by atoms with Gasteiger partial charge in [0, 0.05) is 17.1 Å². The van der Waals surface area contributed by atoms with Crippen LogP contribution in [0.4, 0.5) is 0 Å². The van der Waals surface area contributed by atoms with Gasteiger partial charge in [-0.2, -0.15) is 0 Å². The Morgan fingerprint density at radius 1 is 1.44 bits per heavy atom. The van der Waals surface area contributed by atoms with E-state index in [1.807, 2.05) is 45.9 Å². The van der Waals surface area contributed by atoms with Crippen molar-refractivity contribution < 1.29 is 14.4 Å². The Hall–Kier alpha value is -3.07. The maximum atomic E-state index is 12.6. The third kappa shape index (κ3) is 5.20. The zero-order valence-electron chi connectivity index (χ0n) is 16.4. The summed E-state index contributed by atoms with van der Waals surface area (Å²) in [6.45, 7) is 7.50. The van der Waals surface area contributed by atoms with E-state index in [9.17, 15) is 4.79 Å². The van der Waals surface area contributed by atoms with Gasteiger partial charge >= 0.3 is 0 Å². The fourth-order valence-corrected chi connectivity index (χ4v) is 2.65. The molecular weight excluding hydrogens is 342 g/mol. The summed E-state index contributed by atoms with van der Waals surface area (Å²) in [7, 11) is 1.45. The van der Waals surface area contributed by atoms with Gasteiger partial charge in [0.1, 0.15) is 12.9 Å². The van der Waals surface area contributed by atoms with Crippen molar-refractivity contribution in [1.82, 2.24) is 10.3 Å². The van der Waals surface area contributed by atoms with Crippen LogP contribution in [-0.4, -0.2) is 35.9 Å². The largest absolute Gasteiger partial charge is 0.481 e. The third-order valence-corrected chi connectivity index (χ3v) is 3.98. The Bertz CT molecular complexity index is 897. The van der Waals surface area contributed by atoms with Crippen LogP contribution < -0.4 is 10.1 Å². The number of ether oxygens (including phenoxy) is 1. The van der Waals surface area contributed by atoms with Gasteiger partial charge in [0.2, 0.25) is 0 Å². The van der Waals surface area contributed by atoms with Crippen molar-refractivity contribution >= 4 is 23.0 Å². The number of aromatic nitrogens is 1. The first-order valence-corrected chi connectivity index (χ1v) is 8.73. The number of nitrogens with one attached hydrogen (secondary N) is 1. The molecule has 0 saturated heterocycles. The molecule has 1 aromatic carbocycles. The van der Waals surface area contributed by atoms with Gasteiger partial charge in [0.05, 0.1) is 17.3 Å². The molecule has 1 unspecified atom stereocenters. The number of benzene rings is 1. The molecule has 0 saturated carbocycles. The van der Waals surface area contributed by atoms with Gasteiger partial charge in [0.25, 0.3) is 5.91 Å². The maximum Gasteiger partial charge on any atom is 0.261 e. The monoisotopic (exact) mass is 367 g/mol. The second-order valence-corrected chi connectivity index (χ2v) is 6.82. The molecule has 0 aliphatic heterocycles. The average molecular weight is 367 g/mol. The minimum Gasteiger partial charge on any atom is -0.481 e. The molecule has 0 spiro atoms. The lowest BCUT2D eigenvalue weighted by Crippen LogP contribution is -2.50. The van der Waals surface area contributed by atoms with Crippen LogP contribution >= 0.6 is 0 Å². The molecule has 0 radical (unpaired) electrons. The first-order chi connectivity index (χ1) is 12.8. The van der Waals surface area contributed by atoms with Crippen molar-refractivity contribution in [2.75, 3.05) is 7.11 Å². The number of nitrogens with zero attached hydrogens (tertiary/aromatic N) is 2. The SMILES string of the molecule is C#Cc1cnc2c(C)cc(OC(CC)C(=O)NC(C)(C)/C=N/OC)cc2c1. The zero-order chi connectivity index (χ0) is 20.0. The van der Waals surface area contributed by atoms with Gasteiger partial charge in [-0.15, -0.1) is 6.42 Å². The van der Waals surface area contributed by atoms with E-state index >= 15 is 0 Å². The quantitative estimate of drug-likeness (QED) is 0.463. The van der Waals surface area contributed by atoms with Crippen LogP contribution in [0.25, 0.3) is 10.9 Å². The molecule has 1 amide bonds. The van der Waals surface area contributed by atoms with E-state index < -0.39 is 11.6 Å². The van der Waals surface area contributed by atoms with Gasteiger partial charge < -0.3 is 14.9 Å². The first-order valence-electron chi connectivity index (χ1n) is 8.73. The Morgan fingerprint density at radius 2 is 2.19 bits per heavy atom. The topological polar surface area (TPSA) is 72.8 Å². The lowest BCUT2D eigenvalue weighted by atomic mass is 10.1.